The summed E-state index contributed by atoms with van der Waals surface area (Å²) >= 11 is 0. The molecule has 0 saturated carbocycles. The third kappa shape index (κ3) is 3.40. The van der Waals surface area contributed by atoms with Gasteiger partial charge in [-0.3, -0.25) is 9.80 Å². The molecule has 1 aromatic carbocycles. The van der Waals surface area contributed by atoms with Gasteiger partial charge in [-0.2, -0.15) is 0 Å². The highest BCUT2D eigenvalue weighted by Gasteiger charge is 2.28. The summed E-state index contributed by atoms with van der Waals surface area (Å²) in [5, 5.41) is 9.08. The molecule has 3 nitrogen and oxygen atoms in total. The lowest BCUT2D eigenvalue weighted by Gasteiger charge is -2.32. The monoisotopic (exact) mass is 274 g/mol. The van der Waals surface area contributed by atoms with Crippen molar-refractivity contribution >= 4 is 0 Å². The number of rotatable bonds is 4. The summed E-state index contributed by atoms with van der Waals surface area (Å²) in [4.78, 5) is 5.28. The first-order valence-electron chi connectivity index (χ1n) is 8.00. The lowest BCUT2D eigenvalue weighted by Crippen LogP contribution is -2.40. The summed E-state index contributed by atoms with van der Waals surface area (Å²) < 4.78 is 0. The van der Waals surface area contributed by atoms with Crippen LogP contribution in [0.25, 0.3) is 0 Å². The van der Waals surface area contributed by atoms with Crippen molar-refractivity contribution in [2.24, 2.45) is 0 Å². The van der Waals surface area contributed by atoms with E-state index in [-0.39, 0.29) is 6.61 Å². The number of benzene rings is 1. The molecule has 1 unspecified atom stereocenters. The largest absolute Gasteiger partial charge is 0.392 e. The Hall–Kier alpha value is -0.900. The molecule has 0 aliphatic carbocycles. The van der Waals surface area contributed by atoms with Crippen LogP contribution in [0.5, 0.6) is 0 Å². The van der Waals surface area contributed by atoms with Crippen LogP contribution in [-0.4, -0.2) is 47.1 Å². The molecule has 1 aromatic rings. The zero-order chi connectivity index (χ0) is 13.8. The van der Waals surface area contributed by atoms with Gasteiger partial charge in [0, 0.05) is 25.7 Å². The maximum atomic E-state index is 9.08. The first kappa shape index (κ1) is 14.1. The molecule has 3 rings (SSSR count). The van der Waals surface area contributed by atoms with Gasteiger partial charge in [-0.15, -0.1) is 0 Å². The predicted octanol–water partition coefficient (Wildman–Crippen LogP) is 2.24. The average Bonchev–Trinajstić information content (AvgIpc) is 2.97. The van der Waals surface area contributed by atoms with Crippen molar-refractivity contribution in [1.29, 1.82) is 0 Å². The zero-order valence-electron chi connectivity index (χ0n) is 12.3. The molecule has 0 radical (unpaired) electrons. The van der Waals surface area contributed by atoms with Gasteiger partial charge in [0.2, 0.25) is 0 Å². The van der Waals surface area contributed by atoms with Gasteiger partial charge in [-0.05, 0) is 43.5 Å². The van der Waals surface area contributed by atoms with E-state index < -0.39 is 0 Å². The Morgan fingerprint density at radius 3 is 2.35 bits per heavy atom. The van der Waals surface area contributed by atoms with E-state index >= 15 is 0 Å². The van der Waals surface area contributed by atoms with E-state index in [1.165, 1.54) is 57.4 Å². The molecule has 0 amide bonds. The van der Waals surface area contributed by atoms with Gasteiger partial charge < -0.3 is 5.11 Å². The number of likely N-dealkylation sites (tertiary alicyclic amines) is 2. The molecule has 2 heterocycles. The van der Waals surface area contributed by atoms with Gasteiger partial charge in [-0.1, -0.05) is 30.7 Å². The Bertz CT molecular complexity index is 412. The summed E-state index contributed by atoms with van der Waals surface area (Å²) in [5.41, 5.74) is 2.36. The molecule has 2 aliphatic rings. The Morgan fingerprint density at radius 1 is 0.950 bits per heavy atom. The fourth-order valence-corrected chi connectivity index (χ4v) is 3.55. The Kier molecular flexibility index (Phi) is 4.71. The maximum absolute atomic E-state index is 9.08. The van der Waals surface area contributed by atoms with E-state index in [1.807, 2.05) is 12.1 Å². The van der Waals surface area contributed by atoms with Gasteiger partial charge in [0.15, 0.2) is 0 Å². The smallest absolute Gasteiger partial charge is 0.0681 e. The van der Waals surface area contributed by atoms with Crippen LogP contribution in [0.4, 0.5) is 0 Å². The van der Waals surface area contributed by atoms with Crippen LogP contribution < -0.4 is 0 Å². The lowest BCUT2D eigenvalue weighted by molar-refractivity contribution is 0.161. The SMILES string of the molecule is OCc1ccc(CN2CCC(N3CCCCC3)C2)cc1. The molecular weight excluding hydrogens is 248 g/mol. The van der Waals surface area contributed by atoms with Crippen molar-refractivity contribution in [3.8, 4) is 0 Å². The first-order valence-corrected chi connectivity index (χ1v) is 8.00. The normalized spacial score (nSPS) is 25.1. The van der Waals surface area contributed by atoms with E-state index in [9.17, 15) is 0 Å². The molecule has 2 fully saturated rings. The maximum Gasteiger partial charge on any atom is 0.0681 e. The topological polar surface area (TPSA) is 26.7 Å². The van der Waals surface area contributed by atoms with Gasteiger partial charge in [0.1, 0.15) is 0 Å². The molecule has 0 spiro atoms. The van der Waals surface area contributed by atoms with E-state index in [1.54, 1.807) is 0 Å². The minimum Gasteiger partial charge on any atom is -0.392 e. The molecule has 2 saturated heterocycles. The van der Waals surface area contributed by atoms with Crippen LogP contribution in [0, 0.1) is 0 Å². The van der Waals surface area contributed by atoms with Crippen LogP contribution in [0.15, 0.2) is 24.3 Å². The second-order valence-corrected chi connectivity index (χ2v) is 6.25. The summed E-state index contributed by atoms with van der Waals surface area (Å²) in [6, 6.07) is 9.16. The molecule has 3 heteroatoms. The predicted molar refractivity (Wildman–Crippen MR) is 81.5 cm³/mol. The number of aliphatic hydroxyl groups excluding tert-OH is 1. The molecule has 1 atom stereocenters. The van der Waals surface area contributed by atoms with Gasteiger partial charge in [-0.25, -0.2) is 0 Å². The highest BCUT2D eigenvalue weighted by atomic mass is 16.3. The highest BCUT2D eigenvalue weighted by Crippen LogP contribution is 2.21. The summed E-state index contributed by atoms with van der Waals surface area (Å²) in [6.07, 6.45) is 5.52. The minimum absolute atomic E-state index is 0.140. The number of hydrogen-bond acceptors (Lipinski definition) is 3. The van der Waals surface area contributed by atoms with Crippen LogP contribution in [-0.2, 0) is 13.2 Å². The van der Waals surface area contributed by atoms with Crippen molar-refractivity contribution in [2.75, 3.05) is 26.2 Å². The number of hydrogen-bond donors (Lipinski definition) is 1. The van der Waals surface area contributed by atoms with E-state index in [4.69, 9.17) is 5.11 Å². The second kappa shape index (κ2) is 6.70. The molecule has 2 aliphatic heterocycles. The van der Waals surface area contributed by atoms with Gasteiger partial charge >= 0.3 is 0 Å². The van der Waals surface area contributed by atoms with Gasteiger partial charge in [0.25, 0.3) is 0 Å². The summed E-state index contributed by atoms with van der Waals surface area (Å²) in [5.74, 6) is 0. The zero-order valence-corrected chi connectivity index (χ0v) is 12.3. The fourth-order valence-electron chi connectivity index (χ4n) is 3.55. The number of piperidine rings is 1. The van der Waals surface area contributed by atoms with Crippen molar-refractivity contribution < 1.29 is 5.11 Å². The Balaban J connectivity index is 1.51. The Morgan fingerprint density at radius 2 is 1.65 bits per heavy atom. The molecule has 110 valence electrons. The van der Waals surface area contributed by atoms with Crippen molar-refractivity contribution in [2.45, 2.75) is 44.9 Å². The van der Waals surface area contributed by atoms with Crippen LogP contribution in [0.2, 0.25) is 0 Å². The first-order chi connectivity index (χ1) is 9.85. The minimum atomic E-state index is 0.140. The third-order valence-corrected chi connectivity index (χ3v) is 4.77. The van der Waals surface area contributed by atoms with Crippen LogP contribution >= 0.6 is 0 Å². The summed E-state index contributed by atoms with van der Waals surface area (Å²) in [7, 11) is 0. The van der Waals surface area contributed by atoms with E-state index in [0.29, 0.717) is 0 Å². The average molecular weight is 274 g/mol. The lowest BCUT2D eigenvalue weighted by atomic mass is 10.1. The number of nitrogens with zero attached hydrogens (tertiary/aromatic N) is 2. The quantitative estimate of drug-likeness (QED) is 0.912. The van der Waals surface area contributed by atoms with Crippen molar-refractivity contribution in [3.63, 3.8) is 0 Å². The number of aliphatic hydroxyl groups is 1. The van der Waals surface area contributed by atoms with Crippen LogP contribution in [0.1, 0.15) is 36.8 Å². The van der Waals surface area contributed by atoms with Crippen LogP contribution in [0.3, 0.4) is 0 Å². The van der Waals surface area contributed by atoms with Gasteiger partial charge in [0.05, 0.1) is 6.61 Å². The molecule has 20 heavy (non-hydrogen) atoms. The Labute approximate surface area is 122 Å². The summed E-state index contributed by atoms with van der Waals surface area (Å²) in [6.45, 7) is 6.26. The molecular formula is C17H26N2O. The van der Waals surface area contributed by atoms with Crippen molar-refractivity contribution in [1.82, 2.24) is 9.80 Å². The van der Waals surface area contributed by atoms with E-state index in [0.717, 1.165) is 18.2 Å². The third-order valence-electron chi connectivity index (χ3n) is 4.77. The highest BCUT2D eigenvalue weighted by molar-refractivity contribution is 5.22. The van der Waals surface area contributed by atoms with E-state index in [2.05, 4.69) is 21.9 Å². The van der Waals surface area contributed by atoms with Crippen molar-refractivity contribution in [3.05, 3.63) is 35.4 Å². The standard InChI is InChI=1S/C17H26N2O/c20-14-16-6-4-15(5-7-16)12-18-11-8-17(13-18)19-9-2-1-3-10-19/h4-7,17,20H,1-3,8-14H2. The molecule has 1 N–H and O–H groups in total. The second-order valence-electron chi connectivity index (χ2n) is 6.25. The fraction of sp³-hybridized carbons (Fsp3) is 0.647. The molecule has 0 bridgehead atoms. The molecule has 0 aromatic heterocycles.